The molecule has 9 nitrogen and oxygen atoms in total. The van der Waals surface area contributed by atoms with Gasteiger partial charge in [0.05, 0.1) is 11.8 Å². The molecule has 6 N–H and O–H groups in total. The number of benzene rings is 1. The fourth-order valence-corrected chi connectivity index (χ4v) is 9.36. The monoisotopic (exact) mass is 1020 g/mol. The predicted molar refractivity (Wildman–Crippen MR) is 231 cm³/mol. The molecular formula is C48H57F13N2O7. The van der Waals surface area contributed by atoms with Crippen LogP contribution in [0.15, 0.2) is 71.5 Å². The van der Waals surface area contributed by atoms with Crippen molar-refractivity contribution in [2.24, 2.45) is 35.0 Å². The molecule has 1 aromatic carbocycles. The highest BCUT2D eigenvalue weighted by molar-refractivity contribution is 5.92. The molecule has 0 aliphatic heterocycles. The van der Waals surface area contributed by atoms with Gasteiger partial charge in [-0.15, -0.1) is 0 Å². The summed E-state index contributed by atoms with van der Waals surface area (Å²) in [5, 5.41) is 47.1. The molecule has 22 heteroatoms. The third-order valence-corrected chi connectivity index (χ3v) is 14.1. The number of carboxylic acid groups (broad SMARTS) is 2. The number of Topliss-reactive ketones (excluding diaryl/α,β-unsaturated/α-hetero) is 1. The van der Waals surface area contributed by atoms with Crippen LogP contribution in [0.4, 0.5) is 62.8 Å². The normalized spacial score (nSPS) is 24.0. The fourth-order valence-electron chi connectivity index (χ4n) is 9.36. The van der Waals surface area contributed by atoms with Crippen molar-refractivity contribution >= 4 is 29.0 Å². The number of nitrogens with one attached hydrogen (secondary N) is 2. The standard InChI is InChI=1S/C48H57F13N2O7/c1-9-41(5,6)38(64)36-20-26(12-14-34(36)40(67)68)37(45(50,51)52)25-11-13-33(39(65)66)35(19-25)23(3)62-31-17-27(15-29(21-31)43(69,24(4)49)46(53,54)55)28-16-30(22-32(18-28)63-42(7,8)10-2)44(70,47(56,57)58)48(59,60)61/h11,13,15,17-18,20-21,24,30,32,34-37,62-63,69-70H,3,9-10,12,14,16,19,22H2,1-2,4-8H3,(H,65,66)(H,67,68)/t24-,30?,32?,34?,35?,36?,37?,43?/m1/s1. The first-order valence-electron chi connectivity index (χ1n) is 22.3. The summed E-state index contributed by atoms with van der Waals surface area (Å²) in [6, 6.07) is 0.376. The summed E-state index contributed by atoms with van der Waals surface area (Å²) in [4.78, 5) is 38.4. The van der Waals surface area contributed by atoms with Gasteiger partial charge in [0, 0.05) is 51.7 Å². The van der Waals surface area contributed by atoms with E-state index in [9.17, 15) is 74.3 Å². The van der Waals surface area contributed by atoms with E-state index in [1.54, 1.807) is 27.7 Å². The van der Waals surface area contributed by atoms with Crippen molar-refractivity contribution in [1.82, 2.24) is 5.32 Å². The highest BCUT2D eigenvalue weighted by atomic mass is 19.4. The van der Waals surface area contributed by atoms with Crippen molar-refractivity contribution in [1.29, 1.82) is 0 Å². The Balaban J connectivity index is 1.92. The van der Waals surface area contributed by atoms with Crippen molar-refractivity contribution in [2.45, 2.75) is 147 Å². The molecule has 0 radical (unpaired) electrons. The molecule has 7 unspecified atom stereocenters. The number of hydrogen-bond acceptors (Lipinski definition) is 7. The fraction of sp³-hybridized carbons (Fsp3) is 0.604. The molecule has 0 saturated heterocycles. The second kappa shape index (κ2) is 20.1. The van der Waals surface area contributed by atoms with Crippen molar-refractivity contribution in [2.75, 3.05) is 5.32 Å². The number of carbonyl (C=O) groups is 3. The largest absolute Gasteiger partial charge is 0.481 e. The predicted octanol–water partition coefficient (Wildman–Crippen LogP) is 11.7. The van der Waals surface area contributed by atoms with Gasteiger partial charge in [-0.1, -0.05) is 69.7 Å². The van der Waals surface area contributed by atoms with Crippen molar-refractivity contribution in [3.8, 4) is 0 Å². The van der Waals surface area contributed by atoms with Crippen LogP contribution in [0.3, 0.4) is 0 Å². The third-order valence-electron chi connectivity index (χ3n) is 14.1. The lowest BCUT2D eigenvalue weighted by molar-refractivity contribution is -0.385. The lowest BCUT2D eigenvalue weighted by Crippen LogP contribution is -2.63. The van der Waals surface area contributed by atoms with Gasteiger partial charge in [-0.25, -0.2) is 9.18 Å². The Kier molecular flexibility index (Phi) is 16.6. The molecule has 0 aromatic heterocycles. The summed E-state index contributed by atoms with van der Waals surface area (Å²) in [5.41, 5.74) is -17.2. The van der Waals surface area contributed by atoms with Gasteiger partial charge in [0.25, 0.3) is 5.60 Å². The molecule has 8 atom stereocenters. The maximum atomic E-state index is 15.3. The molecule has 0 heterocycles. The Labute approximate surface area is 395 Å². The number of halogens is 13. The highest BCUT2D eigenvalue weighted by Crippen LogP contribution is 2.54. The first-order chi connectivity index (χ1) is 31.7. The molecule has 392 valence electrons. The molecule has 0 saturated carbocycles. The van der Waals surface area contributed by atoms with Gasteiger partial charge in [0.1, 0.15) is 12.0 Å². The number of aliphatic carboxylic acids is 2. The Morgan fingerprint density at radius 2 is 1.39 bits per heavy atom. The smallest absolute Gasteiger partial charge is 0.426 e. The first kappa shape index (κ1) is 57.9. The number of carbonyl (C=O) groups excluding carboxylic acids is 1. The molecule has 0 bridgehead atoms. The Bertz CT molecular complexity index is 2290. The number of rotatable bonds is 17. The third kappa shape index (κ3) is 11.6. The second-order valence-electron chi connectivity index (χ2n) is 19.7. The van der Waals surface area contributed by atoms with Crippen LogP contribution in [0.25, 0.3) is 5.57 Å². The van der Waals surface area contributed by atoms with E-state index in [2.05, 4.69) is 17.2 Å². The molecule has 3 aliphatic rings. The van der Waals surface area contributed by atoms with Crippen molar-refractivity contribution in [3.05, 3.63) is 82.6 Å². The van der Waals surface area contributed by atoms with E-state index in [0.717, 1.165) is 30.4 Å². The Hall–Kier alpha value is -4.70. The zero-order valence-electron chi connectivity index (χ0n) is 39.2. The van der Waals surface area contributed by atoms with Gasteiger partial charge in [-0.3, -0.25) is 9.59 Å². The highest BCUT2D eigenvalue weighted by Gasteiger charge is 2.74. The average Bonchev–Trinajstić information content (AvgIpc) is 3.23. The van der Waals surface area contributed by atoms with Crippen molar-refractivity contribution < 1.29 is 91.9 Å². The second-order valence-corrected chi connectivity index (χ2v) is 19.7. The number of ketones is 1. The molecule has 4 rings (SSSR count). The zero-order valence-corrected chi connectivity index (χ0v) is 39.2. The van der Waals surface area contributed by atoms with Crippen LogP contribution in [0, 0.1) is 35.0 Å². The van der Waals surface area contributed by atoms with Gasteiger partial charge >= 0.3 is 36.6 Å². The molecule has 3 aliphatic carbocycles. The number of carboxylic acids is 2. The minimum absolute atomic E-state index is 0.213. The molecule has 0 fully saturated rings. The number of alkyl halides is 13. The van der Waals surface area contributed by atoms with E-state index < -0.39 is 177 Å². The molecule has 0 amide bonds. The van der Waals surface area contributed by atoms with Gasteiger partial charge in [0.2, 0.25) is 5.60 Å². The van der Waals surface area contributed by atoms with Gasteiger partial charge < -0.3 is 31.1 Å². The summed E-state index contributed by atoms with van der Waals surface area (Å²) in [6.07, 6.45) is -26.7. The van der Waals surface area contributed by atoms with Crippen LogP contribution in [0.2, 0.25) is 0 Å². The summed E-state index contributed by atoms with van der Waals surface area (Å²) >= 11 is 0. The topological polar surface area (TPSA) is 156 Å². The summed E-state index contributed by atoms with van der Waals surface area (Å²) in [5.74, 6) is -13.6. The summed E-state index contributed by atoms with van der Waals surface area (Å²) in [6.45, 7) is 13.4. The maximum Gasteiger partial charge on any atom is 0.426 e. The van der Waals surface area contributed by atoms with E-state index in [4.69, 9.17) is 0 Å². The first-order valence-corrected chi connectivity index (χ1v) is 22.3. The van der Waals surface area contributed by atoms with Crippen LogP contribution < -0.4 is 10.6 Å². The SMILES string of the molecule is C=C(Nc1cc(C2=CC(NC(C)(C)CC)CC(C(O)(C(F)(F)F)C(F)(F)F)C2)cc(C(O)([C@@H](C)F)C(F)(F)F)c1)C1CC(C(C2=CC(C(=O)C(C)(C)CC)C(C(=O)O)CC2)C(F)(F)F)=CC=C1C(=O)O. The van der Waals surface area contributed by atoms with Gasteiger partial charge in [-0.05, 0) is 101 Å². The number of allylic oxidation sites excluding steroid dienone is 7. The number of hydrogen-bond donors (Lipinski definition) is 6. The van der Waals surface area contributed by atoms with E-state index in [1.165, 1.54) is 13.8 Å². The van der Waals surface area contributed by atoms with E-state index in [0.29, 0.717) is 19.1 Å². The average molecular weight is 1020 g/mol. The minimum atomic E-state index is -6.34. The summed E-state index contributed by atoms with van der Waals surface area (Å²) < 4.78 is 191. The van der Waals surface area contributed by atoms with Crippen LogP contribution in [-0.2, 0) is 20.0 Å². The molecular weight excluding hydrogens is 964 g/mol. The lowest BCUT2D eigenvalue weighted by atomic mass is 9.67. The van der Waals surface area contributed by atoms with Crippen LogP contribution in [0.1, 0.15) is 105 Å². The van der Waals surface area contributed by atoms with E-state index >= 15 is 17.6 Å². The number of aliphatic hydroxyl groups is 2. The maximum absolute atomic E-state index is 15.3. The molecule has 1 aromatic rings. The molecule has 70 heavy (non-hydrogen) atoms. The van der Waals surface area contributed by atoms with Gasteiger partial charge in [-0.2, -0.15) is 52.7 Å². The number of anilines is 1. The Morgan fingerprint density at radius 1 is 0.800 bits per heavy atom. The van der Waals surface area contributed by atoms with E-state index in [1.807, 2.05) is 0 Å². The van der Waals surface area contributed by atoms with Crippen LogP contribution in [0.5, 0.6) is 0 Å². The van der Waals surface area contributed by atoms with Crippen LogP contribution in [-0.4, -0.2) is 86.2 Å². The lowest BCUT2D eigenvalue weighted by Gasteiger charge is -2.43. The quantitative estimate of drug-likeness (QED) is 0.0661. The molecule has 0 spiro atoms. The van der Waals surface area contributed by atoms with E-state index in [-0.39, 0.29) is 19.3 Å². The minimum Gasteiger partial charge on any atom is -0.481 e. The Morgan fingerprint density at radius 3 is 1.86 bits per heavy atom. The summed E-state index contributed by atoms with van der Waals surface area (Å²) in [7, 11) is 0. The zero-order chi connectivity index (χ0) is 53.7. The van der Waals surface area contributed by atoms with Crippen LogP contribution >= 0.6 is 0 Å². The van der Waals surface area contributed by atoms with Crippen molar-refractivity contribution in [3.63, 3.8) is 0 Å². The van der Waals surface area contributed by atoms with Gasteiger partial charge in [0.15, 0.2) is 0 Å².